The number of nitrogens with zero attached hydrogens (tertiary/aromatic N) is 2. The summed E-state index contributed by atoms with van der Waals surface area (Å²) in [6, 6.07) is 2.18. The summed E-state index contributed by atoms with van der Waals surface area (Å²) in [5, 5.41) is 10.2. The molecule has 0 amide bonds. The van der Waals surface area contributed by atoms with Crippen molar-refractivity contribution in [3.05, 3.63) is 10.4 Å². The summed E-state index contributed by atoms with van der Waals surface area (Å²) in [6.07, 6.45) is 2.34. The van der Waals surface area contributed by atoms with Crippen LogP contribution < -0.4 is 10.6 Å². The minimum Gasteiger partial charge on any atom is -0.396 e. The molecule has 1 fully saturated rings. The van der Waals surface area contributed by atoms with Crippen molar-refractivity contribution in [2.24, 2.45) is 11.8 Å². The van der Waals surface area contributed by atoms with Gasteiger partial charge in [0.1, 0.15) is 16.6 Å². The molecular weight excluding hydrogens is 270 g/mol. The van der Waals surface area contributed by atoms with Gasteiger partial charge < -0.3 is 10.6 Å². The largest absolute Gasteiger partial charge is 0.396 e. The van der Waals surface area contributed by atoms with Crippen LogP contribution in [-0.2, 0) is 0 Å². The monoisotopic (exact) mass is 291 g/mol. The van der Waals surface area contributed by atoms with Gasteiger partial charge in [0.15, 0.2) is 5.78 Å². The first kappa shape index (κ1) is 14.9. The zero-order valence-corrected chi connectivity index (χ0v) is 13.1. The molecule has 2 heterocycles. The van der Waals surface area contributed by atoms with Gasteiger partial charge in [-0.3, -0.25) is 4.79 Å². The molecule has 1 aliphatic rings. The predicted octanol–water partition coefficient (Wildman–Crippen LogP) is 3.28. The van der Waals surface area contributed by atoms with E-state index >= 15 is 0 Å². The summed E-state index contributed by atoms with van der Waals surface area (Å²) in [7, 11) is 0. The molecule has 1 aromatic rings. The fourth-order valence-corrected chi connectivity index (χ4v) is 3.88. The number of ketones is 1. The molecule has 2 rings (SSSR count). The van der Waals surface area contributed by atoms with Crippen molar-refractivity contribution in [3.8, 4) is 6.07 Å². The Balaban J connectivity index is 2.41. The number of carbonyl (C=O) groups excluding carboxylic acids is 1. The van der Waals surface area contributed by atoms with E-state index in [0.29, 0.717) is 22.0 Å². The third-order valence-electron chi connectivity index (χ3n) is 3.73. The van der Waals surface area contributed by atoms with Gasteiger partial charge in [0.25, 0.3) is 0 Å². The maximum Gasteiger partial charge on any atom is 0.177 e. The van der Waals surface area contributed by atoms with Gasteiger partial charge in [-0.25, -0.2) is 0 Å². The second-order valence-corrected chi connectivity index (χ2v) is 6.85. The molecule has 0 radical (unpaired) electrons. The number of nitriles is 1. The van der Waals surface area contributed by atoms with Crippen LogP contribution in [0.15, 0.2) is 0 Å². The Morgan fingerprint density at radius 1 is 1.55 bits per heavy atom. The van der Waals surface area contributed by atoms with Gasteiger partial charge in [0.2, 0.25) is 0 Å². The number of thiophene rings is 1. The molecule has 5 heteroatoms. The second kappa shape index (κ2) is 5.84. The molecule has 108 valence electrons. The number of nitrogens with two attached hydrogens (primary N) is 1. The standard InChI is InChI=1S/C15H21N3OS/c1-9(2)13(19)14-12(17)11(7-16)15(20-14)18-6-4-5-10(3)8-18/h9-10H,4-6,8,17H2,1-3H3. The summed E-state index contributed by atoms with van der Waals surface area (Å²) in [5.41, 5.74) is 6.88. The van der Waals surface area contributed by atoms with Crippen molar-refractivity contribution in [1.82, 2.24) is 0 Å². The minimum absolute atomic E-state index is 0.0281. The summed E-state index contributed by atoms with van der Waals surface area (Å²) in [6.45, 7) is 7.81. The average molecular weight is 291 g/mol. The van der Waals surface area contributed by atoms with Gasteiger partial charge in [0.05, 0.1) is 10.6 Å². The number of carbonyl (C=O) groups is 1. The first-order chi connectivity index (χ1) is 9.45. The van der Waals surface area contributed by atoms with Gasteiger partial charge >= 0.3 is 0 Å². The number of nitrogen functional groups attached to an aromatic ring is 1. The topological polar surface area (TPSA) is 70.1 Å². The SMILES string of the molecule is CC1CCCN(c2sc(C(=O)C(C)C)c(N)c2C#N)C1. The molecule has 1 saturated heterocycles. The molecule has 4 nitrogen and oxygen atoms in total. The Bertz CT molecular complexity index is 556. The van der Waals surface area contributed by atoms with Crippen LogP contribution in [-0.4, -0.2) is 18.9 Å². The van der Waals surface area contributed by atoms with Gasteiger partial charge in [-0.05, 0) is 18.8 Å². The Morgan fingerprint density at radius 2 is 2.25 bits per heavy atom. The smallest absolute Gasteiger partial charge is 0.177 e. The highest BCUT2D eigenvalue weighted by Crippen LogP contribution is 2.40. The fourth-order valence-electron chi connectivity index (χ4n) is 2.58. The van der Waals surface area contributed by atoms with Gasteiger partial charge in [-0.1, -0.05) is 20.8 Å². The van der Waals surface area contributed by atoms with Crippen LogP contribution in [0.25, 0.3) is 0 Å². The van der Waals surface area contributed by atoms with Crippen LogP contribution in [0, 0.1) is 23.2 Å². The molecule has 1 unspecified atom stereocenters. The lowest BCUT2D eigenvalue weighted by Crippen LogP contribution is -2.34. The molecule has 0 aliphatic carbocycles. The number of hydrogen-bond acceptors (Lipinski definition) is 5. The Kier molecular flexibility index (Phi) is 4.34. The van der Waals surface area contributed by atoms with E-state index in [1.807, 2.05) is 13.8 Å². The average Bonchev–Trinajstić information content (AvgIpc) is 2.74. The highest BCUT2D eigenvalue weighted by Gasteiger charge is 2.27. The van der Waals surface area contributed by atoms with E-state index in [-0.39, 0.29) is 11.7 Å². The molecule has 0 spiro atoms. The van der Waals surface area contributed by atoms with Crippen molar-refractivity contribution in [2.75, 3.05) is 23.7 Å². The zero-order valence-electron chi connectivity index (χ0n) is 12.3. The van der Waals surface area contributed by atoms with E-state index in [9.17, 15) is 10.1 Å². The Hall–Kier alpha value is -1.54. The third-order valence-corrected chi connectivity index (χ3v) is 5.01. The highest BCUT2D eigenvalue weighted by molar-refractivity contribution is 7.19. The molecule has 20 heavy (non-hydrogen) atoms. The number of piperidine rings is 1. The normalized spacial score (nSPS) is 19.1. The van der Waals surface area contributed by atoms with Crippen LogP contribution in [0.1, 0.15) is 48.8 Å². The quantitative estimate of drug-likeness (QED) is 0.868. The minimum atomic E-state index is -0.101. The zero-order chi connectivity index (χ0) is 14.9. The summed E-state index contributed by atoms with van der Waals surface area (Å²) in [5.74, 6) is 0.541. The number of rotatable bonds is 3. The molecular formula is C15H21N3OS. The van der Waals surface area contributed by atoms with Crippen LogP contribution in [0.2, 0.25) is 0 Å². The molecule has 0 saturated carbocycles. The molecule has 2 N–H and O–H groups in total. The van der Waals surface area contributed by atoms with Crippen molar-refractivity contribution in [1.29, 1.82) is 5.26 Å². The maximum absolute atomic E-state index is 12.2. The van der Waals surface area contributed by atoms with Crippen LogP contribution in [0.5, 0.6) is 0 Å². The molecule has 0 aromatic carbocycles. The molecule has 1 aliphatic heterocycles. The number of anilines is 2. The van der Waals surface area contributed by atoms with E-state index in [4.69, 9.17) is 5.73 Å². The maximum atomic E-state index is 12.2. The van der Waals surface area contributed by atoms with Gasteiger partial charge in [0, 0.05) is 19.0 Å². The lowest BCUT2D eigenvalue weighted by molar-refractivity contribution is 0.0944. The van der Waals surface area contributed by atoms with E-state index in [1.165, 1.54) is 17.8 Å². The summed E-state index contributed by atoms with van der Waals surface area (Å²) >= 11 is 1.38. The Morgan fingerprint density at radius 3 is 2.80 bits per heavy atom. The van der Waals surface area contributed by atoms with Gasteiger partial charge in [-0.2, -0.15) is 5.26 Å². The predicted molar refractivity (Wildman–Crippen MR) is 83.2 cm³/mol. The van der Waals surface area contributed by atoms with Gasteiger partial charge in [-0.15, -0.1) is 11.3 Å². The van der Waals surface area contributed by atoms with Crippen LogP contribution in [0.4, 0.5) is 10.7 Å². The molecule has 1 aromatic heterocycles. The van der Waals surface area contributed by atoms with E-state index in [0.717, 1.165) is 24.5 Å². The van der Waals surface area contributed by atoms with Crippen molar-refractivity contribution in [3.63, 3.8) is 0 Å². The van der Waals surface area contributed by atoms with Crippen LogP contribution >= 0.6 is 11.3 Å². The highest BCUT2D eigenvalue weighted by atomic mass is 32.1. The third kappa shape index (κ3) is 2.66. The van der Waals surface area contributed by atoms with Crippen molar-refractivity contribution >= 4 is 27.8 Å². The van der Waals surface area contributed by atoms with E-state index < -0.39 is 0 Å². The van der Waals surface area contributed by atoms with Crippen molar-refractivity contribution < 1.29 is 4.79 Å². The molecule has 1 atom stereocenters. The number of hydrogen-bond donors (Lipinski definition) is 1. The summed E-state index contributed by atoms with van der Waals surface area (Å²) in [4.78, 5) is 15.0. The summed E-state index contributed by atoms with van der Waals surface area (Å²) < 4.78 is 0. The van der Waals surface area contributed by atoms with Crippen LogP contribution in [0.3, 0.4) is 0 Å². The van der Waals surface area contributed by atoms with E-state index in [2.05, 4.69) is 17.9 Å². The molecule has 0 bridgehead atoms. The lowest BCUT2D eigenvalue weighted by atomic mass is 10.0. The number of Topliss-reactive ketones (excluding diaryl/α,β-unsaturated/α-hetero) is 1. The van der Waals surface area contributed by atoms with E-state index in [1.54, 1.807) is 0 Å². The van der Waals surface area contributed by atoms with Crippen molar-refractivity contribution in [2.45, 2.75) is 33.6 Å². The second-order valence-electron chi connectivity index (χ2n) is 5.85. The first-order valence-corrected chi connectivity index (χ1v) is 7.88. The lowest BCUT2D eigenvalue weighted by Gasteiger charge is -2.31. The fraction of sp³-hybridized carbons (Fsp3) is 0.600. The Labute approximate surface area is 124 Å². The first-order valence-electron chi connectivity index (χ1n) is 7.07.